The number of nitrogens with one attached hydrogen (secondary N) is 1. The number of likely N-dealkylation sites (N-methyl/N-ethyl adjacent to an activating group) is 1. The molecule has 0 aliphatic rings. The predicted molar refractivity (Wildman–Crippen MR) is 147 cm³/mol. The van der Waals surface area contributed by atoms with Crippen LogP contribution in [0.2, 0.25) is 0 Å². The highest BCUT2D eigenvalue weighted by Gasteiger charge is 2.21. The van der Waals surface area contributed by atoms with Gasteiger partial charge in [-0.1, -0.05) is 42.5 Å². The molecule has 11 nitrogen and oxygen atoms in total. The Balaban J connectivity index is 1.44. The lowest BCUT2D eigenvalue weighted by molar-refractivity contribution is -0.157. The number of fused-ring (bicyclic) bond motifs is 1. The molecule has 2 heterocycles. The lowest BCUT2D eigenvalue weighted by Crippen LogP contribution is -2.38. The SMILES string of the molecule is CNC(=O)[C@H](COCc1cccc(C=CCn2nc(C(=O)c3cccc(OC)c3)c3nccnc32)c1)OC(C)=O. The number of allylic oxidation sites excluding steroid dienone is 1. The minimum atomic E-state index is -1.02. The van der Waals surface area contributed by atoms with E-state index in [2.05, 4.69) is 20.4 Å². The van der Waals surface area contributed by atoms with Crippen molar-refractivity contribution in [2.24, 2.45) is 0 Å². The van der Waals surface area contributed by atoms with Gasteiger partial charge in [0.05, 0.1) is 26.9 Å². The van der Waals surface area contributed by atoms with Crippen LogP contribution in [0.3, 0.4) is 0 Å². The monoisotopic (exact) mass is 543 g/mol. The molecule has 0 fully saturated rings. The first-order chi connectivity index (χ1) is 19.4. The normalized spacial score (nSPS) is 11.9. The Morgan fingerprint density at radius 2 is 1.88 bits per heavy atom. The predicted octanol–water partition coefficient (Wildman–Crippen LogP) is 2.97. The van der Waals surface area contributed by atoms with Crippen molar-refractivity contribution in [2.45, 2.75) is 26.2 Å². The lowest BCUT2D eigenvalue weighted by Gasteiger charge is -2.15. The summed E-state index contributed by atoms with van der Waals surface area (Å²) in [5.41, 5.74) is 3.38. The minimum Gasteiger partial charge on any atom is -0.497 e. The number of rotatable bonds is 12. The van der Waals surface area contributed by atoms with Gasteiger partial charge in [-0.3, -0.25) is 14.4 Å². The largest absolute Gasteiger partial charge is 0.497 e. The van der Waals surface area contributed by atoms with E-state index in [4.69, 9.17) is 14.2 Å². The third-order valence-corrected chi connectivity index (χ3v) is 5.84. The zero-order valence-electron chi connectivity index (χ0n) is 22.4. The molecule has 1 N–H and O–H groups in total. The summed E-state index contributed by atoms with van der Waals surface area (Å²) in [6.07, 6.45) is 5.90. The van der Waals surface area contributed by atoms with Gasteiger partial charge in [0.1, 0.15) is 11.3 Å². The van der Waals surface area contributed by atoms with Crippen molar-refractivity contribution < 1.29 is 28.6 Å². The van der Waals surface area contributed by atoms with E-state index < -0.39 is 18.0 Å². The number of carbonyl (C=O) groups excluding carboxylic acids is 3. The molecular formula is C29H29N5O6. The van der Waals surface area contributed by atoms with Crippen molar-refractivity contribution in [3.8, 4) is 5.75 Å². The highest BCUT2D eigenvalue weighted by atomic mass is 16.6. The van der Waals surface area contributed by atoms with Crippen LogP contribution in [-0.2, 0) is 32.2 Å². The van der Waals surface area contributed by atoms with Crippen LogP contribution in [0, 0.1) is 0 Å². The number of carbonyl (C=O) groups is 3. The Bertz CT molecular complexity index is 1550. The molecule has 40 heavy (non-hydrogen) atoms. The molecule has 4 aromatic rings. The summed E-state index contributed by atoms with van der Waals surface area (Å²) in [5, 5.41) is 6.98. The number of amides is 1. The highest BCUT2D eigenvalue weighted by molar-refractivity contribution is 6.13. The van der Waals surface area contributed by atoms with E-state index >= 15 is 0 Å². The second-order valence-corrected chi connectivity index (χ2v) is 8.70. The van der Waals surface area contributed by atoms with E-state index in [9.17, 15) is 14.4 Å². The molecule has 0 bridgehead atoms. The number of nitrogens with zero attached hydrogens (tertiary/aromatic N) is 4. The van der Waals surface area contributed by atoms with Crippen molar-refractivity contribution in [1.29, 1.82) is 0 Å². The average Bonchev–Trinajstić information content (AvgIpc) is 3.34. The molecule has 206 valence electrons. The number of methoxy groups -OCH3 is 1. The van der Waals surface area contributed by atoms with Gasteiger partial charge >= 0.3 is 5.97 Å². The topological polar surface area (TPSA) is 135 Å². The number of esters is 1. The zero-order chi connectivity index (χ0) is 28.5. The summed E-state index contributed by atoms with van der Waals surface area (Å²) in [6.45, 7) is 1.76. The molecule has 0 aliphatic heterocycles. The minimum absolute atomic E-state index is 0.0659. The Labute approximate surface area is 230 Å². The van der Waals surface area contributed by atoms with Gasteiger partial charge in [0.15, 0.2) is 11.3 Å². The Morgan fingerprint density at radius 3 is 2.65 bits per heavy atom. The Hall–Kier alpha value is -4.90. The maximum Gasteiger partial charge on any atom is 0.303 e. The highest BCUT2D eigenvalue weighted by Crippen LogP contribution is 2.20. The lowest BCUT2D eigenvalue weighted by atomic mass is 10.1. The number of ketones is 1. The summed E-state index contributed by atoms with van der Waals surface area (Å²) in [5.74, 6) is -0.688. The van der Waals surface area contributed by atoms with Gasteiger partial charge in [-0.2, -0.15) is 5.10 Å². The maximum absolute atomic E-state index is 13.2. The number of aromatic nitrogens is 4. The molecule has 0 aliphatic carbocycles. The second kappa shape index (κ2) is 13.3. The van der Waals surface area contributed by atoms with Crippen LogP contribution in [0.4, 0.5) is 0 Å². The van der Waals surface area contributed by atoms with E-state index in [1.54, 1.807) is 42.3 Å². The zero-order valence-corrected chi connectivity index (χ0v) is 22.4. The summed E-state index contributed by atoms with van der Waals surface area (Å²) >= 11 is 0. The van der Waals surface area contributed by atoms with Gasteiger partial charge in [0.2, 0.25) is 11.9 Å². The Kier molecular flexibility index (Phi) is 9.31. The molecule has 0 saturated heterocycles. The van der Waals surface area contributed by atoms with Gasteiger partial charge in [-0.05, 0) is 29.3 Å². The van der Waals surface area contributed by atoms with Crippen LogP contribution in [0.15, 0.2) is 67.0 Å². The Morgan fingerprint density at radius 1 is 1.07 bits per heavy atom. The van der Waals surface area contributed by atoms with Crippen molar-refractivity contribution in [3.05, 3.63) is 89.4 Å². The molecular weight excluding hydrogens is 514 g/mol. The van der Waals surface area contributed by atoms with E-state index in [1.807, 2.05) is 36.4 Å². The molecule has 0 saturated carbocycles. The van der Waals surface area contributed by atoms with Gasteiger partial charge < -0.3 is 19.5 Å². The van der Waals surface area contributed by atoms with Crippen molar-refractivity contribution in [2.75, 3.05) is 20.8 Å². The quantitative estimate of drug-likeness (QED) is 0.211. The van der Waals surface area contributed by atoms with Gasteiger partial charge in [-0.25, -0.2) is 14.6 Å². The second-order valence-electron chi connectivity index (χ2n) is 8.70. The summed E-state index contributed by atoms with van der Waals surface area (Å²) in [7, 11) is 3.01. The summed E-state index contributed by atoms with van der Waals surface area (Å²) in [4.78, 5) is 45.1. The van der Waals surface area contributed by atoms with Crippen molar-refractivity contribution in [3.63, 3.8) is 0 Å². The number of hydrogen-bond acceptors (Lipinski definition) is 9. The van der Waals surface area contributed by atoms with Gasteiger partial charge in [0, 0.05) is 31.9 Å². The number of hydrogen-bond donors (Lipinski definition) is 1. The maximum atomic E-state index is 13.2. The van der Waals surface area contributed by atoms with Gasteiger partial charge in [-0.15, -0.1) is 0 Å². The number of ether oxygens (including phenoxy) is 3. The van der Waals surface area contributed by atoms with Crippen LogP contribution in [0.5, 0.6) is 5.75 Å². The van der Waals surface area contributed by atoms with E-state index in [1.165, 1.54) is 20.2 Å². The third-order valence-electron chi connectivity index (χ3n) is 5.84. The first kappa shape index (κ1) is 28.1. The van der Waals surface area contributed by atoms with Gasteiger partial charge in [0.25, 0.3) is 5.91 Å². The fourth-order valence-electron chi connectivity index (χ4n) is 3.97. The van der Waals surface area contributed by atoms with Crippen LogP contribution in [-0.4, -0.2) is 64.3 Å². The van der Waals surface area contributed by atoms with Crippen LogP contribution in [0.1, 0.15) is 34.1 Å². The molecule has 2 aromatic carbocycles. The molecule has 0 spiro atoms. The third kappa shape index (κ3) is 6.94. The smallest absolute Gasteiger partial charge is 0.303 e. The molecule has 2 aromatic heterocycles. The molecule has 0 radical (unpaired) electrons. The van der Waals surface area contributed by atoms with Crippen LogP contribution < -0.4 is 10.1 Å². The fraction of sp³-hybridized carbons (Fsp3) is 0.241. The average molecular weight is 544 g/mol. The molecule has 11 heteroatoms. The van der Waals surface area contributed by atoms with Crippen LogP contribution >= 0.6 is 0 Å². The molecule has 1 amide bonds. The standard InChI is InChI=1S/C29H29N5O6/c1-19(35)40-24(29(37)30-2)18-39-17-21-8-4-7-20(15-21)9-6-14-34-28-26(31-12-13-32-28)25(33-34)27(36)22-10-5-11-23(16-22)38-3/h4-13,15-16,24H,14,17-18H2,1-3H3,(H,30,37)/t24-/m0/s1. The summed E-state index contributed by atoms with van der Waals surface area (Å²) in [6, 6.07) is 14.5. The molecule has 4 rings (SSSR count). The van der Waals surface area contributed by atoms with E-state index in [-0.39, 0.29) is 24.7 Å². The van der Waals surface area contributed by atoms with E-state index in [0.717, 1.165) is 11.1 Å². The van der Waals surface area contributed by atoms with Crippen molar-refractivity contribution in [1.82, 2.24) is 25.1 Å². The molecule has 1 atom stereocenters. The van der Waals surface area contributed by atoms with E-state index in [0.29, 0.717) is 29.0 Å². The first-order valence-electron chi connectivity index (χ1n) is 12.5. The fourth-order valence-corrected chi connectivity index (χ4v) is 3.97. The summed E-state index contributed by atoms with van der Waals surface area (Å²) < 4.78 is 17.5. The number of benzene rings is 2. The van der Waals surface area contributed by atoms with Crippen molar-refractivity contribution >= 4 is 34.9 Å². The first-order valence-corrected chi connectivity index (χ1v) is 12.5. The van der Waals surface area contributed by atoms with Crippen LogP contribution in [0.25, 0.3) is 17.2 Å². The molecule has 0 unspecified atom stereocenters.